The Balaban J connectivity index is 2.22. The summed E-state index contributed by atoms with van der Waals surface area (Å²) >= 11 is 5.81. The Bertz CT molecular complexity index is 624. The second-order valence-electron chi connectivity index (χ2n) is 4.51. The molecule has 5 heteroatoms. The van der Waals surface area contributed by atoms with Crippen LogP contribution in [0.4, 0.5) is 5.69 Å². The molecule has 2 aromatic carbocycles. The van der Waals surface area contributed by atoms with Crippen LogP contribution in [0.15, 0.2) is 42.5 Å². The number of anilines is 1. The first-order valence-corrected chi connectivity index (χ1v) is 6.40. The van der Waals surface area contributed by atoms with Crippen LogP contribution >= 0.6 is 11.6 Å². The molecule has 0 aliphatic carbocycles. The number of nitrogens with zero attached hydrogens (tertiary/aromatic N) is 1. The molecule has 1 amide bonds. The number of rotatable bonds is 3. The van der Waals surface area contributed by atoms with E-state index in [1.54, 1.807) is 56.6 Å². The predicted molar refractivity (Wildman–Crippen MR) is 80.4 cm³/mol. The quantitative estimate of drug-likeness (QED) is 0.881. The zero-order valence-corrected chi connectivity index (χ0v) is 12.0. The molecule has 0 radical (unpaired) electrons. The van der Waals surface area contributed by atoms with Crippen molar-refractivity contribution in [2.24, 2.45) is 0 Å². The first-order chi connectivity index (χ1) is 9.47. The van der Waals surface area contributed by atoms with Crippen LogP contribution in [0.25, 0.3) is 0 Å². The van der Waals surface area contributed by atoms with Crippen LogP contribution in [0.2, 0.25) is 5.02 Å². The maximum absolute atomic E-state index is 11.8. The van der Waals surface area contributed by atoms with Crippen LogP contribution in [0.1, 0.15) is 10.4 Å². The van der Waals surface area contributed by atoms with E-state index in [4.69, 9.17) is 22.1 Å². The molecule has 0 bridgehead atoms. The van der Waals surface area contributed by atoms with Gasteiger partial charge in [-0.15, -0.1) is 0 Å². The Morgan fingerprint density at radius 1 is 1.15 bits per heavy atom. The van der Waals surface area contributed by atoms with Crippen molar-refractivity contribution < 1.29 is 9.53 Å². The van der Waals surface area contributed by atoms with E-state index in [-0.39, 0.29) is 5.91 Å². The number of hydrogen-bond acceptors (Lipinski definition) is 3. The molecule has 0 aromatic heterocycles. The van der Waals surface area contributed by atoms with Gasteiger partial charge in [-0.25, -0.2) is 0 Å². The van der Waals surface area contributed by atoms with Crippen molar-refractivity contribution in [2.45, 2.75) is 0 Å². The summed E-state index contributed by atoms with van der Waals surface area (Å²) in [6.07, 6.45) is 0. The van der Waals surface area contributed by atoms with Gasteiger partial charge in [-0.05, 0) is 42.5 Å². The van der Waals surface area contributed by atoms with Crippen LogP contribution in [-0.4, -0.2) is 24.9 Å². The summed E-state index contributed by atoms with van der Waals surface area (Å²) in [4.78, 5) is 13.3. The van der Waals surface area contributed by atoms with Crippen LogP contribution < -0.4 is 10.5 Å². The molecule has 0 saturated carbocycles. The highest BCUT2D eigenvalue weighted by Crippen LogP contribution is 2.29. The van der Waals surface area contributed by atoms with Crippen molar-refractivity contribution in [1.29, 1.82) is 0 Å². The van der Waals surface area contributed by atoms with E-state index in [0.29, 0.717) is 27.8 Å². The summed E-state index contributed by atoms with van der Waals surface area (Å²) in [7, 11) is 3.38. The van der Waals surface area contributed by atoms with E-state index in [2.05, 4.69) is 0 Å². The molecule has 0 saturated heterocycles. The highest BCUT2D eigenvalue weighted by atomic mass is 35.5. The fraction of sp³-hybridized carbons (Fsp3) is 0.133. The van der Waals surface area contributed by atoms with Gasteiger partial charge in [-0.2, -0.15) is 0 Å². The number of nitrogen functional groups attached to an aromatic ring is 1. The van der Waals surface area contributed by atoms with Gasteiger partial charge in [-0.3, -0.25) is 4.79 Å². The summed E-state index contributed by atoms with van der Waals surface area (Å²) in [5.41, 5.74) is 6.85. The minimum absolute atomic E-state index is 0.102. The highest BCUT2D eigenvalue weighted by Gasteiger charge is 2.11. The maximum atomic E-state index is 11.8. The zero-order valence-electron chi connectivity index (χ0n) is 11.3. The molecule has 4 nitrogen and oxygen atoms in total. The molecule has 0 atom stereocenters. The number of hydrogen-bond donors (Lipinski definition) is 1. The molecular weight excluding hydrogens is 276 g/mol. The number of nitrogens with two attached hydrogens (primary N) is 1. The lowest BCUT2D eigenvalue weighted by Gasteiger charge is -2.13. The molecule has 2 aromatic rings. The van der Waals surface area contributed by atoms with Crippen LogP contribution in [0, 0.1) is 0 Å². The monoisotopic (exact) mass is 290 g/mol. The lowest BCUT2D eigenvalue weighted by Crippen LogP contribution is -2.21. The molecule has 0 spiro atoms. The van der Waals surface area contributed by atoms with Crippen LogP contribution in [0.5, 0.6) is 11.5 Å². The van der Waals surface area contributed by atoms with Crippen molar-refractivity contribution in [1.82, 2.24) is 4.90 Å². The fourth-order valence-electron chi connectivity index (χ4n) is 1.66. The summed E-state index contributed by atoms with van der Waals surface area (Å²) in [5, 5.41) is 0.636. The highest BCUT2D eigenvalue weighted by molar-refractivity contribution is 6.30. The Labute approximate surface area is 122 Å². The van der Waals surface area contributed by atoms with Gasteiger partial charge in [0.05, 0.1) is 5.69 Å². The van der Waals surface area contributed by atoms with E-state index in [0.717, 1.165) is 0 Å². The molecule has 0 unspecified atom stereocenters. The van der Waals surface area contributed by atoms with E-state index in [1.165, 1.54) is 4.90 Å². The molecule has 0 heterocycles. The Morgan fingerprint density at radius 2 is 1.80 bits per heavy atom. The zero-order chi connectivity index (χ0) is 14.7. The number of amides is 1. The number of carbonyl (C=O) groups excluding carboxylic acids is 1. The van der Waals surface area contributed by atoms with E-state index in [1.807, 2.05) is 0 Å². The smallest absolute Gasteiger partial charge is 0.253 e. The average molecular weight is 291 g/mol. The van der Waals surface area contributed by atoms with Crippen LogP contribution in [0.3, 0.4) is 0 Å². The molecule has 104 valence electrons. The van der Waals surface area contributed by atoms with E-state index in [9.17, 15) is 4.79 Å². The van der Waals surface area contributed by atoms with E-state index < -0.39 is 0 Å². The molecule has 0 aliphatic rings. The molecule has 20 heavy (non-hydrogen) atoms. The van der Waals surface area contributed by atoms with Crippen molar-refractivity contribution in [3.63, 3.8) is 0 Å². The average Bonchev–Trinajstić information content (AvgIpc) is 2.42. The Morgan fingerprint density at radius 3 is 2.35 bits per heavy atom. The lowest BCUT2D eigenvalue weighted by molar-refractivity contribution is 0.0827. The first-order valence-electron chi connectivity index (χ1n) is 6.02. The molecule has 2 N–H and O–H groups in total. The molecular formula is C15H15ClN2O2. The first kappa shape index (κ1) is 14.2. The summed E-state index contributed by atoms with van der Waals surface area (Å²) in [6, 6.07) is 11.9. The Hall–Kier alpha value is -2.20. The molecule has 0 fully saturated rings. The minimum atomic E-state index is -0.102. The maximum Gasteiger partial charge on any atom is 0.253 e. The van der Waals surface area contributed by atoms with Gasteiger partial charge in [0, 0.05) is 24.7 Å². The number of halogens is 1. The SMILES string of the molecule is CN(C)C(=O)c1ccc(Oc2ccc(Cl)cc2)c(N)c1. The van der Waals surface area contributed by atoms with E-state index >= 15 is 0 Å². The normalized spacial score (nSPS) is 10.2. The van der Waals surface area contributed by atoms with Gasteiger partial charge in [0.2, 0.25) is 0 Å². The van der Waals surface area contributed by atoms with Gasteiger partial charge in [-0.1, -0.05) is 11.6 Å². The second-order valence-corrected chi connectivity index (χ2v) is 4.94. The third-order valence-corrected chi connectivity index (χ3v) is 2.96. The van der Waals surface area contributed by atoms with Gasteiger partial charge in [0.25, 0.3) is 5.91 Å². The summed E-state index contributed by atoms with van der Waals surface area (Å²) in [5.74, 6) is 1.03. The third kappa shape index (κ3) is 3.22. The van der Waals surface area contributed by atoms with Crippen molar-refractivity contribution >= 4 is 23.2 Å². The number of ether oxygens (including phenoxy) is 1. The molecule has 0 aliphatic heterocycles. The molecule has 2 rings (SSSR count). The largest absolute Gasteiger partial charge is 0.455 e. The van der Waals surface area contributed by atoms with Crippen LogP contribution in [-0.2, 0) is 0 Å². The predicted octanol–water partition coefficient (Wildman–Crippen LogP) is 3.42. The number of benzene rings is 2. The van der Waals surface area contributed by atoms with Crippen molar-refractivity contribution in [2.75, 3.05) is 19.8 Å². The summed E-state index contributed by atoms with van der Waals surface area (Å²) < 4.78 is 5.65. The van der Waals surface area contributed by atoms with Crippen molar-refractivity contribution in [3.8, 4) is 11.5 Å². The minimum Gasteiger partial charge on any atom is -0.455 e. The topological polar surface area (TPSA) is 55.6 Å². The fourth-order valence-corrected chi connectivity index (χ4v) is 1.79. The summed E-state index contributed by atoms with van der Waals surface area (Å²) in [6.45, 7) is 0. The number of carbonyl (C=O) groups is 1. The van der Waals surface area contributed by atoms with Crippen molar-refractivity contribution in [3.05, 3.63) is 53.1 Å². The second kappa shape index (κ2) is 5.84. The van der Waals surface area contributed by atoms with Gasteiger partial charge >= 0.3 is 0 Å². The van der Waals surface area contributed by atoms with Gasteiger partial charge in [0.15, 0.2) is 0 Å². The lowest BCUT2D eigenvalue weighted by atomic mass is 10.1. The Kier molecular flexibility index (Phi) is 4.15. The van der Waals surface area contributed by atoms with Gasteiger partial charge < -0.3 is 15.4 Å². The van der Waals surface area contributed by atoms with Gasteiger partial charge in [0.1, 0.15) is 11.5 Å². The third-order valence-electron chi connectivity index (χ3n) is 2.70. The standard InChI is InChI=1S/C15H15ClN2O2/c1-18(2)15(19)10-3-8-14(13(17)9-10)20-12-6-4-11(16)5-7-12/h3-9H,17H2,1-2H3.